The van der Waals surface area contributed by atoms with Gasteiger partial charge in [-0.2, -0.15) is 5.10 Å². The summed E-state index contributed by atoms with van der Waals surface area (Å²) in [6.07, 6.45) is 1.89. The normalized spacial score (nSPS) is 19.5. The quantitative estimate of drug-likeness (QED) is 0.673. The van der Waals surface area contributed by atoms with E-state index in [2.05, 4.69) is 15.2 Å². The first-order valence-electron chi connectivity index (χ1n) is 9.59. The fraction of sp³-hybridized carbons (Fsp3) is 0.381. The summed E-state index contributed by atoms with van der Waals surface area (Å²) >= 11 is 0. The Hall–Kier alpha value is -3.00. The molecule has 2 aromatic heterocycles. The zero-order valence-electron chi connectivity index (χ0n) is 16.6. The zero-order valence-corrected chi connectivity index (χ0v) is 16.6. The molecular weight excluding hydrogens is 375 g/mol. The summed E-state index contributed by atoms with van der Waals surface area (Å²) in [5.74, 6) is 0.272. The van der Waals surface area contributed by atoms with Crippen LogP contribution in [0.25, 0.3) is 11.3 Å². The first-order chi connectivity index (χ1) is 13.9. The Morgan fingerprint density at radius 1 is 1.17 bits per heavy atom. The van der Waals surface area contributed by atoms with Gasteiger partial charge in [-0.15, -0.1) is 0 Å². The number of aromatic nitrogens is 3. The van der Waals surface area contributed by atoms with Gasteiger partial charge in [0.25, 0.3) is 5.56 Å². The monoisotopic (exact) mass is 398 g/mol. The van der Waals surface area contributed by atoms with E-state index in [1.807, 2.05) is 13.8 Å². The van der Waals surface area contributed by atoms with Crippen LogP contribution in [0.1, 0.15) is 25.2 Å². The van der Waals surface area contributed by atoms with Gasteiger partial charge >= 0.3 is 0 Å². The second-order valence-electron chi connectivity index (χ2n) is 7.44. The van der Waals surface area contributed by atoms with Gasteiger partial charge in [-0.1, -0.05) is 5.16 Å². The van der Waals surface area contributed by atoms with Crippen LogP contribution in [0.15, 0.2) is 45.8 Å². The van der Waals surface area contributed by atoms with Crippen LogP contribution in [0.4, 0.5) is 10.1 Å². The number of hydrogen-bond donors (Lipinski definition) is 0. The van der Waals surface area contributed by atoms with E-state index in [-0.39, 0.29) is 30.1 Å². The minimum atomic E-state index is -0.323. The van der Waals surface area contributed by atoms with Crippen molar-refractivity contribution in [1.29, 1.82) is 0 Å². The van der Waals surface area contributed by atoms with E-state index in [1.165, 1.54) is 16.8 Å². The van der Waals surface area contributed by atoms with Crippen molar-refractivity contribution < 1.29 is 13.7 Å². The Kier molecular flexibility index (Phi) is 5.19. The van der Waals surface area contributed by atoms with Gasteiger partial charge in [-0.25, -0.2) is 9.07 Å². The van der Waals surface area contributed by atoms with E-state index in [9.17, 15) is 9.18 Å². The van der Waals surface area contributed by atoms with E-state index in [4.69, 9.17) is 9.26 Å². The van der Waals surface area contributed by atoms with Crippen LogP contribution < -0.4 is 10.5 Å². The van der Waals surface area contributed by atoms with Crippen LogP contribution >= 0.6 is 0 Å². The fourth-order valence-electron chi connectivity index (χ4n) is 3.67. The van der Waals surface area contributed by atoms with Crippen LogP contribution in [0, 0.1) is 12.7 Å². The van der Waals surface area contributed by atoms with Crippen LogP contribution in [0.5, 0.6) is 0 Å². The minimum absolute atomic E-state index is 0.0964. The van der Waals surface area contributed by atoms with E-state index < -0.39 is 0 Å². The zero-order chi connectivity index (χ0) is 20.5. The van der Waals surface area contributed by atoms with E-state index in [0.717, 1.165) is 29.9 Å². The predicted molar refractivity (Wildman–Crippen MR) is 106 cm³/mol. The fourth-order valence-corrected chi connectivity index (χ4v) is 3.67. The van der Waals surface area contributed by atoms with Gasteiger partial charge in [0, 0.05) is 30.3 Å². The Morgan fingerprint density at radius 3 is 2.52 bits per heavy atom. The molecule has 2 atom stereocenters. The molecule has 1 aliphatic rings. The maximum Gasteiger partial charge on any atom is 0.269 e. The Bertz CT molecular complexity index is 1050. The molecule has 1 fully saturated rings. The minimum Gasteiger partial charge on any atom is -0.372 e. The molecule has 0 aliphatic carbocycles. The molecule has 0 saturated carbocycles. The summed E-state index contributed by atoms with van der Waals surface area (Å²) in [6.45, 7) is 7.47. The molecule has 0 spiro atoms. The van der Waals surface area contributed by atoms with E-state index >= 15 is 0 Å². The van der Waals surface area contributed by atoms with Crippen LogP contribution in [-0.4, -0.2) is 40.2 Å². The van der Waals surface area contributed by atoms with Crippen molar-refractivity contribution in [3.05, 3.63) is 64.0 Å². The third kappa shape index (κ3) is 4.07. The largest absolute Gasteiger partial charge is 0.372 e. The third-order valence-corrected chi connectivity index (χ3v) is 5.05. The molecule has 0 unspecified atom stereocenters. The molecule has 0 N–H and O–H groups in total. The first-order valence-corrected chi connectivity index (χ1v) is 9.59. The highest BCUT2D eigenvalue weighted by Gasteiger charge is 2.23. The summed E-state index contributed by atoms with van der Waals surface area (Å²) in [7, 11) is 0. The number of morpholine rings is 1. The van der Waals surface area contributed by atoms with Gasteiger partial charge in [0.1, 0.15) is 17.3 Å². The van der Waals surface area contributed by atoms with E-state index in [0.29, 0.717) is 11.5 Å². The smallest absolute Gasteiger partial charge is 0.269 e. The number of nitrogens with zero attached hydrogens (tertiary/aromatic N) is 4. The molecule has 0 bridgehead atoms. The summed E-state index contributed by atoms with van der Waals surface area (Å²) < 4.78 is 25.7. The first kappa shape index (κ1) is 19.3. The van der Waals surface area contributed by atoms with Gasteiger partial charge in [-0.3, -0.25) is 4.79 Å². The molecule has 29 heavy (non-hydrogen) atoms. The average molecular weight is 398 g/mol. The van der Waals surface area contributed by atoms with Gasteiger partial charge in [0.2, 0.25) is 0 Å². The second kappa shape index (κ2) is 7.79. The SMILES string of the molecule is Cc1onc(-c2ccc(F)cc2)c1Cn1ncc(N2C[C@@H](C)O[C@@H](C)C2)cc1=O. The van der Waals surface area contributed by atoms with Gasteiger partial charge in [0.15, 0.2) is 0 Å². The molecule has 7 nitrogen and oxygen atoms in total. The average Bonchev–Trinajstić information content (AvgIpc) is 3.04. The molecule has 152 valence electrons. The van der Waals surface area contributed by atoms with E-state index in [1.54, 1.807) is 31.3 Å². The Morgan fingerprint density at radius 2 is 1.86 bits per heavy atom. The predicted octanol–water partition coefficient (Wildman–Crippen LogP) is 3.01. The van der Waals surface area contributed by atoms with Crippen molar-refractivity contribution in [2.45, 2.75) is 39.5 Å². The standard InChI is InChI=1S/C21H23FN4O3/c1-13-10-25(11-14(2)28-13)18-8-20(27)26(23-9-18)12-19-15(3)29-24-21(19)16-4-6-17(22)7-5-16/h4-9,13-14H,10-12H2,1-3H3/t13-,14+. The summed E-state index contributed by atoms with van der Waals surface area (Å²) in [5.41, 5.74) is 2.62. The highest BCUT2D eigenvalue weighted by Crippen LogP contribution is 2.26. The number of halogens is 1. The van der Waals surface area contributed by atoms with Crippen molar-refractivity contribution in [3.63, 3.8) is 0 Å². The lowest BCUT2D eigenvalue weighted by molar-refractivity contribution is -0.00525. The molecule has 0 amide bonds. The second-order valence-corrected chi connectivity index (χ2v) is 7.44. The van der Waals surface area contributed by atoms with Crippen molar-refractivity contribution in [3.8, 4) is 11.3 Å². The summed E-state index contributed by atoms with van der Waals surface area (Å²) in [5, 5.41) is 8.45. The number of rotatable bonds is 4. The molecule has 1 aliphatic heterocycles. The molecule has 3 aromatic rings. The number of hydrogen-bond acceptors (Lipinski definition) is 6. The molecule has 0 radical (unpaired) electrons. The summed E-state index contributed by atoms with van der Waals surface area (Å²) in [4.78, 5) is 14.8. The Labute approximate surface area is 167 Å². The lowest BCUT2D eigenvalue weighted by Gasteiger charge is -2.36. The van der Waals surface area contributed by atoms with Gasteiger partial charge in [-0.05, 0) is 45.0 Å². The molecule has 8 heteroatoms. The Balaban J connectivity index is 1.60. The molecule has 1 aromatic carbocycles. The van der Waals surface area contributed by atoms with Gasteiger partial charge < -0.3 is 14.2 Å². The van der Waals surface area contributed by atoms with Gasteiger partial charge in [0.05, 0.1) is 30.6 Å². The number of aryl methyl sites for hydroxylation is 1. The number of ether oxygens (including phenoxy) is 1. The maximum absolute atomic E-state index is 13.2. The lowest BCUT2D eigenvalue weighted by atomic mass is 10.1. The van der Waals surface area contributed by atoms with Crippen molar-refractivity contribution >= 4 is 5.69 Å². The third-order valence-electron chi connectivity index (χ3n) is 5.05. The number of benzene rings is 1. The highest BCUT2D eigenvalue weighted by atomic mass is 19.1. The van der Waals surface area contributed by atoms with Crippen molar-refractivity contribution in [2.24, 2.45) is 0 Å². The topological polar surface area (TPSA) is 73.4 Å². The lowest BCUT2D eigenvalue weighted by Crippen LogP contribution is -2.46. The number of anilines is 1. The maximum atomic E-state index is 13.2. The van der Waals surface area contributed by atoms with Crippen LogP contribution in [-0.2, 0) is 11.3 Å². The van der Waals surface area contributed by atoms with Crippen molar-refractivity contribution in [1.82, 2.24) is 14.9 Å². The molecular formula is C21H23FN4O3. The molecule has 1 saturated heterocycles. The summed E-state index contributed by atoms with van der Waals surface area (Å²) in [6, 6.07) is 7.60. The van der Waals surface area contributed by atoms with Crippen molar-refractivity contribution in [2.75, 3.05) is 18.0 Å². The molecule has 3 heterocycles. The molecule has 4 rings (SSSR count). The van der Waals surface area contributed by atoms with Crippen LogP contribution in [0.3, 0.4) is 0 Å². The highest BCUT2D eigenvalue weighted by molar-refractivity contribution is 5.63. The van der Waals surface area contributed by atoms with Crippen LogP contribution in [0.2, 0.25) is 0 Å².